The predicted octanol–water partition coefficient (Wildman–Crippen LogP) is -0.768. The zero-order valence-corrected chi connectivity index (χ0v) is 10.1. The third-order valence-electron chi connectivity index (χ3n) is 2.59. The highest BCUT2D eigenvalue weighted by Crippen LogP contribution is 2.40. The second-order valence-corrected chi connectivity index (χ2v) is 5.21. The molecule has 94 valence electrons. The van der Waals surface area contributed by atoms with E-state index in [0.29, 0.717) is 13.0 Å². The van der Waals surface area contributed by atoms with E-state index in [2.05, 4.69) is 9.97 Å². The lowest BCUT2D eigenvalue weighted by molar-refractivity contribution is 0.116. The highest BCUT2D eigenvalue weighted by Gasteiger charge is 2.35. The van der Waals surface area contributed by atoms with E-state index in [4.69, 9.17) is 10.5 Å². The van der Waals surface area contributed by atoms with Gasteiger partial charge in [0.25, 0.3) is 0 Å². The van der Waals surface area contributed by atoms with Crippen LogP contribution in [0.5, 0.6) is 0 Å². The molecule has 0 amide bonds. The molecule has 1 unspecified atom stereocenters. The van der Waals surface area contributed by atoms with Crippen molar-refractivity contribution in [2.75, 3.05) is 19.5 Å². The molecule has 0 aliphatic carbocycles. The van der Waals surface area contributed by atoms with Crippen molar-refractivity contribution in [1.29, 1.82) is 0 Å². The number of methoxy groups -OCH3 is 1. The molecule has 1 saturated heterocycles. The Morgan fingerprint density at radius 3 is 3.18 bits per heavy atom. The fourth-order valence-electron chi connectivity index (χ4n) is 1.75. The fourth-order valence-corrected chi connectivity index (χ4v) is 3.25. The molecule has 0 radical (unpaired) electrons. The number of aromatic nitrogens is 3. The SMILES string of the molecule is COC[C@H]1S[C@@H](n2cnc(N)nc2=O)CC1O. The second kappa shape index (κ2) is 5.03. The lowest BCUT2D eigenvalue weighted by Gasteiger charge is -2.12. The Morgan fingerprint density at radius 2 is 2.53 bits per heavy atom. The first-order valence-corrected chi connectivity index (χ1v) is 6.09. The normalized spacial score (nSPS) is 28.5. The summed E-state index contributed by atoms with van der Waals surface area (Å²) in [5, 5.41) is 9.61. The number of hydrogen-bond acceptors (Lipinski definition) is 7. The van der Waals surface area contributed by atoms with Gasteiger partial charge in [-0.05, 0) is 0 Å². The van der Waals surface area contributed by atoms with Crippen molar-refractivity contribution in [3.8, 4) is 0 Å². The van der Waals surface area contributed by atoms with Gasteiger partial charge >= 0.3 is 5.69 Å². The maximum absolute atomic E-state index is 11.6. The van der Waals surface area contributed by atoms with E-state index in [1.165, 1.54) is 22.7 Å². The molecule has 2 heterocycles. The Morgan fingerprint density at radius 1 is 1.76 bits per heavy atom. The number of aliphatic hydroxyl groups excluding tert-OH is 1. The Balaban J connectivity index is 2.17. The van der Waals surface area contributed by atoms with Gasteiger partial charge in [0, 0.05) is 13.5 Å². The van der Waals surface area contributed by atoms with Crippen LogP contribution in [0.25, 0.3) is 0 Å². The lowest BCUT2D eigenvalue weighted by atomic mass is 10.2. The van der Waals surface area contributed by atoms with Gasteiger partial charge in [-0.1, -0.05) is 0 Å². The van der Waals surface area contributed by atoms with Crippen LogP contribution in [0.3, 0.4) is 0 Å². The molecule has 0 saturated carbocycles. The van der Waals surface area contributed by atoms with E-state index in [-0.39, 0.29) is 16.6 Å². The van der Waals surface area contributed by atoms with Gasteiger partial charge in [-0.15, -0.1) is 11.8 Å². The standard InChI is InChI=1S/C9H14N4O3S/c1-16-3-6-5(14)2-7(17-6)13-4-11-8(10)12-9(13)15/h4-7,14H,2-3H2,1H3,(H2,10,12,15)/t5?,6-,7-/m1/s1. The van der Waals surface area contributed by atoms with Gasteiger partial charge in [-0.3, -0.25) is 4.57 Å². The number of nitrogen functional groups attached to an aromatic ring is 1. The van der Waals surface area contributed by atoms with Gasteiger partial charge in [0.15, 0.2) is 0 Å². The Labute approximate surface area is 102 Å². The van der Waals surface area contributed by atoms with E-state index in [1.807, 2.05) is 0 Å². The summed E-state index contributed by atoms with van der Waals surface area (Å²) in [6.45, 7) is 0.451. The summed E-state index contributed by atoms with van der Waals surface area (Å²) in [5.74, 6) is -0.0387. The Hall–Kier alpha value is -1.12. The molecule has 17 heavy (non-hydrogen) atoms. The molecule has 0 spiro atoms. The molecule has 1 aromatic heterocycles. The lowest BCUT2D eigenvalue weighted by Crippen LogP contribution is -2.26. The van der Waals surface area contributed by atoms with Crippen molar-refractivity contribution in [3.05, 3.63) is 16.8 Å². The maximum atomic E-state index is 11.6. The minimum absolute atomic E-state index is 0.0329. The van der Waals surface area contributed by atoms with Crippen LogP contribution in [0.2, 0.25) is 0 Å². The Kier molecular flexibility index (Phi) is 3.65. The number of aliphatic hydroxyl groups is 1. The molecule has 1 fully saturated rings. The molecule has 3 N–H and O–H groups in total. The summed E-state index contributed by atoms with van der Waals surface area (Å²) >= 11 is 1.48. The molecule has 7 nitrogen and oxygen atoms in total. The van der Waals surface area contributed by atoms with Crippen LogP contribution in [-0.4, -0.2) is 44.7 Å². The molecule has 3 atom stereocenters. The molecule has 2 rings (SSSR count). The van der Waals surface area contributed by atoms with Gasteiger partial charge in [0.1, 0.15) is 6.33 Å². The van der Waals surface area contributed by atoms with Crippen LogP contribution in [0, 0.1) is 0 Å². The molecule has 1 aromatic rings. The van der Waals surface area contributed by atoms with E-state index in [9.17, 15) is 9.90 Å². The number of hydrogen-bond donors (Lipinski definition) is 2. The molecule has 0 aromatic carbocycles. The van der Waals surface area contributed by atoms with Gasteiger partial charge in [0.05, 0.1) is 23.3 Å². The zero-order chi connectivity index (χ0) is 12.4. The third kappa shape index (κ3) is 2.59. The number of anilines is 1. The van der Waals surface area contributed by atoms with E-state index < -0.39 is 11.8 Å². The summed E-state index contributed by atoms with van der Waals surface area (Å²) < 4.78 is 6.40. The van der Waals surface area contributed by atoms with Crippen molar-refractivity contribution in [2.45, 2.75) is 23.1 Å². The summed E-state index contributed by atoms with van der Waals surface area (Å²) in [6, 6.07) is 0. The van der Waals surface area contributed by atoms with Gasteiger partial charge in [-0.2, -0.15) is 4.98 Å². The van der Waals surface area contributed by atoms with Crippen molar-refractivity contribution in [3.63, 3.8) is 0 Å². The summed E-state index contributed by atoms with van der Waals surface area (Å²) in [5.41, 5.74) is 4.87. The molecular weight excluding hydrogens is 244 g/mol. The fraction of sp³-hybridized carbons (Fsp3) is 0.667. The zero-order valence-electron chi connectivity index (χ0n) is 9.31. The first-order valence-electron chi connectivity index (χ1n) is 5.15. The Bertz CT molecular complexity index is 452. The molecular formula is C9H14N4O3S. The molecule has 8 heteroatoms. The van der Waals surface area contributed by atoms with Crippen LogP contribution in [0.15, 0.2) is 11.1 Å². The minimum atomic E-state index is -0.491. The largest absolute Gasteiger partial charge is 0.392 e. The van der Waals surface area contributed by atoms with Crippen LogP contribution in [0.4, 0.5) is 5.95 Å². The minimum Gasteiger partial charge on any atom is -0.392 e. The highest BCUT2D eigenvalue weighted by atomic mass is 32.2. The van der Waals surface area contributed by atoms with Crippen LogP contribution in [0.1, 0.15) is 11.8 Å². The van der Waals surface area contributed by atoms with E-state index >= 15 is 0 Å². The van der Waals surface area contributed by atoms with Crippen molar-refractivity contribution < 1.29 is 9.84 Å². The smallest absolute Gasteiger partial charge is 0.353 e. The van der Waals surface area contributed by atoms with Crippen molar-refractivity contribution in [2.24, 2.45) is 0 Å². The first kappa shape index (κ1) is 12.3. The van der Waals surface area contributed by atoms with Crippen LogP contribution < -0.4 is 11.4 Å². The van der Waals surface area contributed by atoms with Gasteiger partial charge in [0.2, 0.25) is 5.95 Å². The maximum Gasteiger partial charge on any atom is 0.353 e. The van der Waals surface area contributed by atoms with Gasteiger partial charge in [-0.25, -0.2) is 9.78 Å². The van der Waals surface area contributed by atoms with Crippen molar-refractivity contribution in [1.82, 2.24) is 14.5 Å². The van der Waals surface area contributed by atoms with Crippen molar-refractivity contribution >= 4 is 17.7 Å². The van der Waals surface area contributed by atoms with E-state index in [1.54, 1.807) is 7.11 Å². The molecule has 0 bridgehead atoms. The number of ether oxygens (including phenoxy) is 1. The predicted molar refractivity (Wildman–Crippen MR) is 63.6 cm³/mol. The monoisotopic (exact) mass is 258 g/mol. The number of rotatable bonds is 3. The third-order valence-corrected chi connectivity index (χ3v) is 4.12. The second-order valence-electron chi connectivity index (χ2n) is 3.79. The number of nitrogens with two attached hydrogens (primary N) is 1. The molecule has 1 aliphatic heterocycles. The number of nitrogens with zero attached hydrogens (tertiary/aromatic N) is 3. The van der Waals surface area contributed by atoms with E-state index in [0.717, 1.165) is 0 Å². The number of thioether (sulfide) groups is 1. The summed E-state index contributed by atoms with van der Waals surface area (Å²) in [7, 11) is 1.58. The van der Waals surface area contributed by atoms with Crippen LogP contribution >= 0.6 is 11.8 Å². The summed E-state index contributed by atoms with van der Waals surface area (Å²) in [4.78, 5) is 18.9. The summed E-state index contributed by atoms with van der Waals surface area (Å²) in [6.07, 6.45) is 1.35. The first-order chi connectivity index (χ1) is 8.11. The van der Waals surface area contributed by atoms with Gasteiger partial charge < -0.3 is 15.6 Å². The quantitative estimate of drug-likeness (QED) is 0.733. The average molecular weight is 258 g/mol. The van der Waals surface area contributed by atoms with Crippen LogP contribution in [-0.2, 0) is 4.74 Å². The molecule has 1 aliphatic rings. The average Bonchev–Trinajstić information content (AvgIpc) is 2.60. The highest BCUT2D eigenvalue weighted by molar-refractivity contribution is 8.00. The topological polar surface area (TPSA) is 103 Å².